The van der Waals surface area contributed by atoms with E-state index in [2.05, 4.69) is 10.1 Å². The zero-order chi connectivity index (χ0) is 21.7. The summed E-state index contributed by atoms with van der Waals surface area (Å²) >= 11 is 0. The van der Waals surface area contributed by atoms with Crippen LogP contribution in [0.5, 0.6) is 5.75 Å². The Morgan fingerprint density at radius 2 is 1.66 bits per heavy atom. The van der Waals surface area contributed by atoms with Gasteiger partial charge in [0.25, 0.3) is 0 Å². The minimum Gasteiger partial charge on any atom is -0.497 e. The lowest BCUT2D eigenvalue weighted by molar-refractivity contribution is -0.146. The summed E-state index contributed by atoms with van der Waals surface area (Å²) in [6.45, 7) is 3.03. The van der Waals surface area contributed by atoms with Crippen LogP contribution in [0, 0.1) is 5.92 Å². The van der Waals surface area contributed by atoms with Crippen molar-refractivity contribution in [1.29, 1.82) is 0 Å². The number of ether oxygens (including phenoxy) is 2. The Morgan fingerprint density at radius 1 is 1.03 bits per heavy atom. The van der Waals surface area contributed by atoms with Crippen LogP contribution in [0.15, 0.2) is 24.3 Å². The summed E-state index contributed by atoms with van der Waals surface area (Å²) in [4.78, 5) is 62.4. The van der Waals surface area contributed by atoms with Crippen LogP contribution in [0.1, 0.15) is 20.3 Å². The highest BCUT2D eigenvalue weighted by Crippen LogP contribution is 2.24. The van der Waals surface area contributed by atoms with Crippen LogP contribution in [0.25, 0.3) is 0 Å². The Bertz CT molecular complexity index is 820. The number of methoxy groups -OCH3 is 2. The molecule has 1 aliphatic heterocycles. The number of rotatable bonds is 8. The van der Waals surface area contributed by atoms with E-state index < -0.39 is 42.3 Å². The summed E-state index contributed by atoms with van der Waals surface area (Å²) in [6.07, 6.45) is 0.317. The van der Waals surface area contributed by atoms with Crippen LogP contribution in [-0.4, -0.2) is 61.4 Å². The number of carbonyl (C=O) groups excluding carboxylic acids is 5. The van der Waals surface area contributed by atoms with E-state index in [1.807, 2.05) is 13.8 Å². The molecule has 10 nitrogen and oxygen atoms in total. The normalized spacial score (nSPS) is 15.0. The maximum absolute atomic E-state index is 12.6. The summed E-state index contributed by atoms with van der Waals surface area (Å²) < 4.78 is 9.68. The summed E-state index contributed by atoms with van der Waals surface area (Å²) in [7, 11) is 2.66. The van der Waals surface area contributed by atoms with E-state index in [0.717, 1.165) is 0 Å². The number of imide groups is 2. The molecule has 0 saturated carbocycles. The number of hydrogen-bond acceptors (Lipinski definition) is 7. The van der Waals surface area contributed by atoms with E-state index >= 15 is 0 Å². The Hall–Kier alpha value is -3.43. The van der Waals surface area contributed by atoms with Crippen molar-refractivity contribution in [2.75, 3.05) is 25.7 Å². The first-order chi connectivity index (χ1) is 13.7. The molecule has 1 aliphatic rings. The highest BCUT2D eigenvalue weighted by Gasteiger charge is 2.46. The second-order valence-electron chi connectivity index (χ2n) is 6.79. The number of hydrogen-bond donors (Lipinski definition) is 1. The number of urea groups is 1. The van der Waals surface area contributed by atoms with Gasteiger partial charge in [0.1, 0.15) is 18.3 Å². The molecule has 5 amide bonds. The second-order valence-corrected chi connectivity index (χ2v) is 6.79. The van der Waals surface area contributed by atoms with Gasteiger partial charge in [-0.2, -0.15) is 0 Å². The van der Waals surface area contributed by atoms with Crippen molar-refractivity contribution >= 4 is 35.4 Å². The molecule has 0 unspecified atom stereocenters. The number of nitrogens with zero attached hydrogens (tertiary/aromatic N) is 2. The van der Waals surface area contributed by atoms with Crippen LogP contribution >= 0.6 is 0 Å². The third-order valence-electron chi connectivity index (χ3n) is 4.21. The molecule has 1 saturated heterocycles. The van der Waals surface area contributed by atoms with Gasteiger partial charge in [-0.05, 0) is 36.6 Å². The van der Waals surface area contributed by atoms with Crippen molar-refractivity contribution in [3.05, 3.63) is 24.3 Å². The number of benzene rings is 1. The van der Waals surface area contributed by atoms with Gasteiger partial charge in [-0.15, -0.1) is 0 Å². The van der Waals surface area contributed by atoms with E-state index in [9.17, 15) is 24.0 Å². The Kier molecular flexibility index (Phi) is 6.92. The van der Waals surface area contributed by atoms with Crippen LogP contribution in [0.4, 0.5) is 10.5 Å². The molecule has 1 fully saturated rings. The van der Waals surface area contributed by atoms with Gasteiger partial charge in [-0.1, -0.05) is 13.8 Å². The first kappa shape index (κ1) is 21.9. The summed E-state index contributed by atoms with van der Waals surface area (Å²) in [5.41, 5.74) is 0.171. The summed E-state index contributed by atoms with van der Waals surface area (Å²) in [5.74, 6) is -3.00. The van der Waals surface area contributed by atoms with Gasteiger partial charge in [-0.3, -0.25) is 14.4 Å². The quantitative estimate of drug-likeness (QED) is 0.384. The number of amides is 5. The standard InChI is InChI=1S/C19H23N3O7/c1-11(2)9-14(18(26)29-4)20-15(23)10-21-16(24)17(25)22(19(21)27)12-5-7-13(28-3)8-6-12/h5-8,11,14H,9-10H2,1-4H3,(H,20,23)/t14-/m1/s1. The molecule has 1 aromatic carbocycles. The number of anilines is 1. The van der Waals surface area contributed by atoms with Crippen molar-refractivity contribution in [3.63, 3.8) is 0 Å². The van der Waals surface area contributed by atoms with Crippen molar-refractivity contribution in [2.24, 2.45) is 5.92 Å². The van der Waals surface area contributed by atoms with Crippen LogP contribution in [0.3, 0.4) is 0 Å². The lowest BCUT2D eigenvalue weighted by Crippen LogP contribution is -2.48. The molecule has 0 bridgehead atoms. The highest BCUT2D eigenvalue weighted by atomic mass is 16.5. The van der Waals surface area contributed by atoms with Gasteiger partial charge in [-0.25, -0.2) is 19.4 Å². The zero-order valence-corrected chi connectivity index (χ0v) is 16.6. The average molecular weight is 405 g/mol. The lowest BCUT2D eigenvalue weighted by Gasteiger charge is -2.20. The fraction of sp³-hybridized carbons (Fsp3) is 0.421. The third-order valence-corrected chi connectivity index (χ3v) is 4.21. The van der Waals surface area contributed by atoms with E-state index in [1.54, 1.807) is 0 Å². The average Bonchev–Trinajstić information content (AvgIpc) is 2.90. The Morgan fingerprint density at radius 3 is 2.17 bits per heavy atom. The monoisotopic (exact) mass is 405 g/mol. The predicted octanol–water partition coefficient (Wildman–Crippen LogP) is 0.694. The fourth-order valence-corrected chi connectivity index (χ4v) is 2.82. The third kappa shape index (κ3) is 4.89. The summed E-state index contributed by atoms with van der Waals surface area (Å²) in [5, 5.41) is 2.45. The zero-order valence-electron chi connectivity index (χ0n) is 16.6. The van der Waals surface area contributed by atoms with Crippen LogP contribution in [0.2, 0.25) is 0 Å². The molecule has 156 valence electrons. The number of esters is 1. The molecule has 1 N–H and O–H groups in total. The summed E-state index contributed by atoms with van der Waals surface area (Å²) in [6, 6.07) is 4.08. The molecule has 1 heterocycles. The molecule has 0 radical (unpaired) electrons. The van der Waals surface area contributed by atoms with Gasteiger partial charge in [0.05, 0.1) is 19.9 Å². The largest absolute Gasteiger partial charge is 0.497 e. The predicted molar refractivity (Wildman–Crippen MR) is 101 cm³/mol. The van der Waals surface area contributed by atoms with Crippen molar-refractivity contribution in [2.45, 2.75) is 26.3 Å². The minimum absolute atomic E-state index is 0.0848. The van der Waals surface area contributed by atoms with Gasteiger partial charge in [0, 0.05) is 0 Å². The van der Waals surface area contributed by atoms with Crippen molar-refractivity contribution < 1.29 is 33.4 Å². The molecule has 29 heavy (non-hydrogen) atoms. The SMILES string of the molecule is COC(=O)[C@@H](CC(C)C)NC(=O)CN1C(=O)C(=O)N(c2ccc(OC)cc2)C1=O. The number of carbonyl (C=O) groups is 5. The fourth-order valence-electron chi connectivity index (χ4n) is 2.82. The first-order valence-electron chi connectivity index (χ1n) is 8.90. The molecule has 0 spiro atoms. The van der Waals surface area contributed by atoms with Gasteiger partial charge < -0.3 is 14.8 Å². The van der Waals surface area contributed by atoms with Gasteiger partial charge >= 0.3 is 23.8 Å². The molecule has 10 heteroatoms. The van der Waals surface area contributed by atoms with Gasteiger partial charge in [0.15, 0.2) is 0 Å². The molecule has 0 aromatic heterocycles. The van der Waals surface area contributed by atoms with Crippen molar-refractivity contribution in [3.8, 4) is 5.75 Å². The molecule has 1 aromatic rings. The maximum Gasteiger partial charge on any atom is 0.339 e. The maximum atomic E-state index is 12.6. The van der Waals surface area contributed by atoms with E-state index in [4.69, 9.17) is 4.74 Å². The molecular formula is C19H23N3O7. The van der Waals surface area contributed by atoms with Crippen LogP contribution in [-0.2, 0) is 23.9 Å². The van der Waals surface area contributed by atoms with Crippen molar-refractivity contribution in [1.82, 2.24) is 10.2 Å². The van der Waals surface area contributed by atoms with E-state index in [0.29, 0.717) is 22.0 Å². The highest BCUT2D eigenvalue weighted by molar-refractivity contribution is 6.53. The first-order valence-corrected chi connectivity index (χ1v) is 8.90. The smallest absolute Gasteiger partial charge is 0.339 e. The van der Waals surface area contributed by atoms with Gasteiger partial charge in [0.2, 0.25) is 5.91 Å². The van der Waals surface area contributed by atoms with E-state index in [1.165, 1.54) is 38.5 Å². The Labute approximate surface area is 167 Å². The van der Waals surface area contributed by atoms with Crippen LogP contribution < -0.4 is 15.0 Å². The molecule has 2 rings (SSSR count). The van der Waals surface area contributed by atoms with E-state index in [-0.39, 0.29) is 11.6 Å². The topological polar surface area (TPSA) is 122 Å². The lowest BCUT2D eigenvalue weighted by atomic mass is 10.0. The number of nitrogens with one attached hydrogen (secondary N) is 1. The molecular weight excluding hydrogens is 382 g/mol. The second kappa shape index (κ2) is 9.18. The Balaban J connectivity index is 2.12. The molecule has 0 aliphatic carbocycles. The molecule has 1 atom stereocenters. The minimum atomic E-state index is -1.13.